The Morgan fingerprint density at radius 2 is 1.88 bits per heavy atom. The Morgan fingerprint density at radius 1 is 1.12 bits per heavy atom. The molecule has 1 aliphatic heterocycles. The van der Waals surface area contributed by atoms with Crippen molar-refractivity contribution in [3.8, 4) is 11.4 Å². The van der Waals surface area contributed by atoms with E-state index in [1.54, 1.807) is 24.4 Å². The third-order valence-electron chi connectivity index (χ3n) is 4.67. The minimum Gasteiger partial charge on any atom is -0.337 e. The highest BCUT2D eigenvalue weighted by molar-refractivity contribution is 5.92. The first kappa shape index (κ1) is 16.4. The quantitative estimate of drug-likeness (QED) is 0.770. The van der Waals surface area contributed by atoms with Crippen LogP contribution in [0.2, 0.25) is 0 Å². The molecule has 132 valence electrons. The number of hydrogen-bond acceptors (Lipinski definition) is 4. The van der Waals surface area contributed by atoms with Crippen LogP contribution in [0.15, 0.2) is 36.5 Å². The van der Waals surface area contributed by atoms with E-state index < -0.39 is 0 Å². The van der Waals surface area contributed by atoms with Crippen LogP contribution in [0.3, 0.4) is 0 Å². The molecule has 3 aromatic rings. The number of nitrogens with one attached hydrogen (secondary N) is 1. The number of rotatable bonds is 2. The largest absolute Gasteiger partial charge is 0.337 e. The molecule has 0 unspecified atom stereocenters. The van der Waals surface area contributed by atoms with E-state index in [1.165, 1.54) is 12.1 Å². The van der Waals surface area contributed by atoms with Gasteiger partial charge in [0.05, 0.1) is 0 Å². The van der Waals surface area contributed by atoms with E-state index in [0.717, 1.165) is 22.5 Å². The highest BCUT2D eigenvalue weighted by Gasteiger charge is 2.23. The number of aromatic nitrogens is 4. The van der Waals surface area contributed by atoms with Crippen molar-refractivity contribution in [2.24, 2.45) is 0 Å². The lowest BCUT2D eigenvalue weighted by molar-refractivity contribution is 0.0757. The van der Waals surface area contributed by atoms with Crippen molar-refractivity contribution in [2.45, 2.75) is 19.8 Å². The van der Waals surface area contributed by atoms with Crippen LogP contribution in [-0.2, 0) is 12.8 Å². The second kappa shape index (κ2) is 6.67. The number of benzene rings is 1. The van der Waals surface area contributed by atoms with E-state index in [0.29, 0.717) is 37.4 Å². The minimum absolute atomic E-state index is 0.0559. The van der Waals surface area contributed by atoms with Gasteiger partial charge in [0.25, 0.3) is 5.91 Å². The molecule has 1 N–H and O–H groups in total. The highest BCUT2D eigenvalue weighted by atomic mass is 19.1. The average molecular weight is 351 g/mol. The number of carbonyl (C=O) groups excluding carboxylic acids is 1. The third-order valence-corrected chi connectivity index (χ3v) is 4.67. The van der Waals surface area contributed by atoms with Gasteiger partial charge < -0.3 is 4.90 Å². The summed E-state index contributed by atoms with van der Waals surface area (Å²) in [5.41, 5.74) is 4.23. The van der Waals surface area contributed by atoms with Crippen molar-refractivity contribution in [1.29, 1.82) is 0 Å². The number of aryl methyl sites for hydroxylation is 1. The Balaban J connectivity index is 1.61. The summed E-state index contributed by atoms with van der Waals surface area (Å²) in [4.78, 5) is 23.7. The topological polar surface area (TPSA) is 74.8 Å². The maximum atomic E-state index is 13.2. The molecule has 1 aromatic carbocycles. The molecule has 0 radical (unpaired) electrons. The van der Waals surface area contributed by atoms with Gasteiger partial charge in [0.1, 0.15) is 11.5 Å². The van der Waals surface area contributed by atoms with E-state index in [4.69, 9.17) is 4.98 Å². The van der Waals surface area contributed by atoms with Gasteiger partial charge in [-0.15, -0.1) is 0 Å². The van der Waals surface area contributed by atoms with E-state index in [2.05, 4.69) is 15.2 Å². The molecule has 4 rings (SSSR count). The van der Waals surface area contributed by atoms with Crippen LogP contribution in [-0.4, -0.2) is 44.1 Å². The second-order valence-corrected chi connectivity index (χ2v) is 6.33. The molecular formula is C19H18FN5O. The van der Waals surface area contributed by atoms with Gasteiger partial charge in [-0.1, -0.05) is 0 Å². The van der Waals surface area contributed by atoms with Crippen LogP contribution < -0.4 is 0 Å². The van der Waals surface area contributed by atoms with Gasteiger partial charge in [0.15, 0.2) is 5.82 Å². The molecule has 0 atom stereocenters. The SMILES string of the molecule is Cc1nc(-c2ccc(F)cc2)nc2c1CCN(C(=O)c1ccn[nH]1)CC2. The molecule has 0 fully saturated rings. The molecular weight excluding hydrogens is 333 g/mol. The van der Waals surface area contributed by atoms with Gasteiger partial charge in [-0.2, -0.15) is 5.10 Å². The predicted molar refractivity (Wildman–Crippen MR) is 94.1 cm³/mol. The highest BCUT2D eigenvalue weighted by Crippen LogP contribution is 2.23. The maximum Gasteiger partial charge on any atom is 0.271 e. The van der Waals surface area contributed by atoms with E-state index >= 15 is 0 Å². The average Bonchev–Trinajstić information content (AvgIpc) is 3.09. The van der Waals surface area contributed by atoms with E-state index in [1.807, 2.05) is 11.8 Å². The maximum absolute atomic E-state index is 13.2. The van der Waals surface area contributed by atoms with Crippen molar-refractivity contribution in [2.75, 3.05) is 13.1 Å². The number of H-pyrrole nitrogens is 1. The number of fused-ring (bicyclic) bond motifs is 1. The number of amides is 1. The van der Waals surface area contributed by atoms with Crippen LogP contribution >= 0.6 is 0 Å². The fourth-order valence-corrected chi connectivity index (χ4v) is 3.26. The molecule has 1 aliphatic rings. The monoisotopic (exact) mass is 351 g/mol. The lowest BCUT2D eigenvalue weighted by atomic mass is 10.1. The predicted octanol–water partition coefficient (Wildman–Crippen LogP) is 2.56. The summed E-state index contributed by atoms with van der Waals surface area (Å²) in [7, 11) is 0. The molecule has 0 saturated heterocycles. The molecule has 0 spiro atoms. The summed E-state index contributed by atoms with van der Waals surface area (Å²) in [6.07, 6.45) is 2.95. The lowest BCUT2D eigenvalue weighted by Crippen LogP contribution is -2.33. The molecule has 0 bridgehead atoms. The summed E-state index contributed by atoms with van der Waals surface area (Å²) in [5, 5.41) is 6.57. The summed E-state index contributed by atoms with van der Waals surface area (Å²) < 4.78 is 13.2. The summed E-state index contributed by atoms with van der Waals surface area (Å²) in [6.45, 7) is 3.16. The fraction of sp³-hybridized carbons (Fsp3) is 0.263. The number of aromatic amines is 1. The number of carbonyl (C=O) groups is 1. The van der Waals surface area contributed by atoms with Crippen LogP contribution in [0.25, 0.3) is 11.4 Å². The van der Waals surface area contributed by atoms with Crippen molar-refractivity contribution in [3.63, 3.8) is 0 Å². The van der Waals surface area contributed by atoms with E-state index in [-0.39, 0.29) is 11.7 Å². The number of hydrogen-bond donors (Lipinski definition) is 1. The summed E-state index contributed by atoms with van der Waals surface area (Å²) in [5.74, 6) is 0.252. The molecule has 2 aromatic heterocycles. The van der Waals surface area contributed by atoms with Gasteiger partial charge in [-0.05, 0) is 49.2 Å². The van der Waals surface area contributed by atoms with Gasteiger partial charge in [-0.25, -0.2) is 14.4 Å². The first-order valence-electron chi connectivity index (χ1n) is 8.53. The van der Waals surface area contributed by atoms with Crippen molar-refractivity contribution in [3.05, 3.63) is 65.0 Å². The smallest absolute Gasteiger partial charge is 0.271 e. The molecule has 26 heavy (non-hydrogen) atoms. The lowest BCUT2D eigenvalue weighted by Gasteiger charge is -2.18. The first-order valence-corrected chi connectivity index (χ1v) is 8.53. The molecule has 3 heterocycles. The van der Waals surface area contributed by atoms with Gasteiger partial charge in [0.2, 0.25) is 0 Å². The van der Waals surface area contributed by atoms with Crippen LogP contribution in [0.5, 0.6) is 0 Å². The third kappa shape index (κ3) is 3.08. The van der Waals surface area contributed by atoms with Crippen molar-refractivity contribution < 1.29 is 9.18 Å². The zero-order valence-corrected chi connectivity index (χ0v) is 14.4. The van der Waals surface area contributed by atoms with Gasteiger partial charge in [-0.3, -0.25) is 9.89 Å². The Hall–Kier alpha value is -3.09. The van der Waals surface area contributed by atoms with Crippen molar-refractivity contribution in [1.82, 2.24) is 25.1 Å². The van der Waals surface area contributed by atoms with Crippen LogP contribution in [0.4, 0.5) is 4.39 Å². The molecule has 0 aliphatic carbocycles. The van der Waals surface area contributed by atoms with Crippen molar-refractivity contribution >= 4 is 5.91 Å². The molecule has 1 amide bonds. The number of nitrogens with zero attached hydrogens (tertiary/aromatic N) is 4. The second-order valence-electron chi connectivity index (χ2n) is 6.33. The van der Waals surface area contributed by atoms with E-state index in [9.17, 15) is 9.18 Å². The standard InChI is InChI=1S/C19H18FN5O/c1-12-15-7-10-25(19(26)17-6-9-21-24-17)11-8-16(15)23-18(22-12)13-2-4-14(20)5-3-13/h2-6,9H,7-8,10-11H2,1H3,(H,21,24). The number of halogens is 1. The Bertz CT molecular complexity index is 937. The van der Waals surface area contributed by atoms with Crippen LogP contribution in [0, 0.1) is 12.7 Å². The van der Waals surface area contributed by atoms with Gasteiger partial charge >= 0.3 is 0 Å². The minimum atomic E-state index is -0.284. The Labute approximate surface area is 150 Å². The van der Waals surface area contributed by atoms with Gasteiger partial charge in [0, 0.05) is 42.7 Å². The Morgan fingerprint density at radius 3 is 2.62 bits per heavy atom. The van der Waals surface area contributed by atoms with Crippen LogP contribution in [0.1, 0.15) is 27.4 Å². The first-order chi connectivity index (χ1) is 12.6. The normalized spacial score (nSPS) is 14.0. The molecule has 0 saturated carbocycles. The fourth-order valence-electron chi connectivity index (χ4n) is 3.26. The Kier molecular flexibility index (Phi) is 4.20. The summed E-state index contributed by atoms with van der Waals surface area (Å²) in [6, 6.07) is 7.86. The molecule has 7 heteroatoms. The molecule has 6 nitrogen and oxygen atoms in total. The zero-order valence-electron chi connectivity index (χ0n) is 14.4. The zero-order chi connectivity index (χ0) is 18.1. The summed E-state index contributed by atoms with van der Waals surface area (Å²) >= 11 is 0.